The Morgan fingerprint density at radius 3 is 2.94 bits per heavy atom. The second-order valence-electron chi connectivity index (χ2n) is 5.41. The van der Waals surface area contributed by atoms with Crippen molar-refractivity contribution in [3.05, 3.63) is 0 Å². The van der Waals surface area contributed by atoms with Crippen LogP contribution < -0.4 is 10.6 Å². The lowest BCUT2D eigenvalue weighted by molar-refractivity contribution is -0.106. The van der Waals surface area contributed by atoms with Crippen LogP contribution in [0, 0.1) is 11.3 Å². The van der Waals surface area contributed by atoms with Gasteiger partial charge >= 0.3 is 0 Å². The molecule has 3 N–H and O–H groups in total. The van der Waals surface area contributed by atoms with Crippen LogP contribution in [0.25, 0.3) is 0 Å². The third kappa shape index (κ3) is 2.13. The number of hydrogen-bond donors (Lipinski definition) is 3. The van der Waals surface area contributed by atoms with Gasteiger partial charge in [0.25, 0.3) is 0 Å². The lowest BCUT2D eigenvalue weighted by atomic mass is 9.57. The molecule has 0 radical (unpaired) electrons. The van der Waals surface area contributed by atoms with E-state index in [1.54, 1.807) is 7.05 Å². The molecule has 1 heterocycles. The standard InChI is InChI=1S/C12H23N3O2/c1-12(2)9(8-4-7-17-10(8)12)15-11(13-3)14-5-6-16/h8-10,16H,4-7H2,1-3H3,(H2,13,14,15). The van der Waals surface area contributed by atoms with Gasteiger partial charge in [0.2, 0.25) is 0 Å². The Labute approximate surface area is 103 Å². The third-order valence-electron chi connectivity index (χ3n) is 4.02. The fourth-order valence-corrected chi connectivity index (χ4v) is 3.13. The summed E-state index contributed by atoms with van der Waals surface area (Å²) in [6, 6.07) is 0.403. The Balaban J connectivity index is 1.94. The zero-order chi connectivity index (χ0) is 12.5. The summed E-state index contributed by atoms with van der Waals surface area (Å²) < 4.78 is 5.75. The SMILES string of the molecule is CN=C(NCCO)NC1C2CCOC2C1(C)C. The average Bonchev–Trinajstić information content (AvgIpc) is 2.76. The van der Waals surface area contributed by atoms with Crippen LogP contribution in [-0.2, 0) is 4.74 Å². The molecule has 2 fully saturated rings. The molecule has 2 rings (SSSR count). The van der Waals surface area contributed by atoms with Crippen LogP contribution in [0.5, 0.6) is 0 Å². The number of aliphatic hydroxyl groups excluding tert-OH is 1. The van der Waals surface area contributed by atoms with Crippen LogP contribution in [0.15, 0.2) is 4.99 Å². The van der Waals surface area contributed by atoms with Crippen molar-refractivity contribution in [3.8, 4) is 0 Å². The van der Waals surface area contributed by atoms with Gasteiger partial charge in [0.1, 0.15) is 0 Å². The molecule has 1 aliphatic heterocycles. The molecule has 5 nitrogen and oxygen atoms in total. The summed E-state index contributed by atoms with van der Waals surface area (Å²) in [5.74, 6) is 1.36. The molecular formula is C12H23N3O2. The number of hydrogen-bond acceptors (Lipinski definition) is 3. The fourth-order valence-electron chi connectivity index (χ4n) is 3.13. The predicted octanol–water partition coefficient (Wildman–Crippen LogP) is -0.0428. The molecule has 0 aromatic carbocycles. The van der Waals surface area contributed by atoms with E-state index in [2.05, 4.69) is 29.5 Å². The summed E-state index contributed by atoms with van der Waals surface area (Å²) in [5, 5.41) is 15.3. The van der Waals surface area contributed by atoms with E-state index in [0.29, 0.717) is 24.6 Å². The molecule has 2 aliphatic rings. The minimum atomic E-state index is 0.115. The largest absolute Gasteiger partial charge is 0.395 e. The fraction of sp³-hybridized carbons (Fsp3) is 0.917. The second-order valence-corrected chi connectivity index (χ2v) is 5.41. The minimum absolute atomic E-state index is 0.115. The van der Waals surface area contributed by atoms with Crippen LogP contribution in [0.3, 0.4) is 0 Å². The van der Waals surface area contributed by atoms with Gasteiger partial charge in [-0.2, -0.15) is 0 Å². The first kappa shape index (κ1) is 12.6. The van der Waals surface area contributed by atoms with E-state index in [4.69, 9.17) is 9.84 Å². The summed E-state index contributed by atoms with van der Waals surface area (Å²) in [5.41, 5.74) is 0.151. The van der Waals surface area contributed by atoms with Gasteiger partial charge in [0, 0.05) is 37.6 Å². The number of aliphatic imine (C=N–C) groups is 1. The molecule has 1 aliphatic carbocycles. The molecule has 17 heavy (non-hydrogen) atoms. The number of rotatable bonds is 3. The van der Waals surface area contributed by atoms with E-state index in [9.17, 15) is 0 Å². The first-order chi connectivity index (χ1) is 8.11. The lowest BCUT2D eigenvalue weighted by Gasteiger charge is -2.54. The Kier molecular flexibility index (Phi) is 3.58. The molecule has 0 aromatic heterocycles. The first-order valence-electron chi connectivity index (χ1n) is 6.31. The Morgan fingerprint density at radius 2 is 2.29 bits per heavy atom. The van der Waals surface area contributed by atoms with Gasteiger partial charge in [0.15, 0.2) is 5.96 Å². The van der Waals surface area contributed by atoms with Crippen molar-refractivity contribution in [2.75, 3.05) is 26.8 Å². The lowest BCUT2D eigenvalue weighted by Crippen LogP contribution is -2.68. The third-order valence-corrected chi connectivity index (χ3v) is 4.02. The van der Waals surface area contributed by atoms with Crippen molar-refractivity contribution in [2.24, 2.45) is 16.3 Å². The maximum Gasteiger partial charge on any atom is 0.191 e. The van der Waals surface area contributed by atoms with Crippen LogP contribution in [0.2, 0.25) is 0 Å². The molecular weight excluding hydrogens is 218 g/mol. The van der Waals surface area contributed by atoms with Crippen molar-refractivity contribution in [1.82, 2.24) is 10.6 Å². The minimum Gasteiger partial charge on any atom is -0.395 e. The second kappa shape index (κ2) is 4.82. The maximum atomic E-state index is 8.80. The molecule has 0 bridgehead atoms. The van der Waals surface area contributed by atoms with Gasteiger partial charge in [-0.3, -0.25) is 4.99 Å². The number of nitrogens with one attached hydrogen (secondary N) is 2. The Morgan fingerprint density at radius 1 is 1.53 bits per heavy atom. The first-order valence-corrected chi connectivity index (χ1v) is 6.31. The van der Waals surface area contributed by atoms with Gasteiger partial charge < -0.3 is 20.5 Å². The van der Waals surface area contributed by atoms with Crippen molar-refractivity contribution >= 4 is 5.96 Å². The normalized spacial score (nSPS) is 35.1. The summed E-state index contributed by atoms with van der Waals surface area (Å²) in [6.45, 7) is 5.98. The topological polar surface area (TPSA) is 65.9 Å². The van der Waals surface area contributed by atoms with E-state index in [-0.39, 0.29) is 12.0 Å². The summed E-state index contributed by atoms with van der Waals surface area (Å²) >= 11 is 0. The zero-order valence-corrected chi connectivity index (χ0v) is 10.9. The highest BCUT2D eigenvalue weighted by Crippen LogP contribution is 2.51. The molecule has 1 saturated carbocycles. The smallest absolute Gasteiger partial charge is 0.191 e. The van der Waals surface area contributed by atoms with Gasteiger partial charge in [-0.15, -0.1) is 0 Å². The van der Waals surface area contributed by atoms with Gasteiger partial charge in [-0.1, -0.05) is 13.8 Å². The molecule has 3 atom stereocenters. The van der Waals surface area contributed by atoms with Crippen LogP contribution in [-0.4, -0.2) is 50.0 Å². The molecule has 98 valence electrons. The Hall–Kier alpha value is -0.810. The number of guanidine groups is 1. The Bertz CT molecular complexity index is 304. The molecule has 0 spiro atoms. The van der Waals surface area contributed by atoms with Crippen molar-refractivity contribution in [1.29, 1.82) is 0 Å². The van der Waals surface area contributed by atoms with E-state index >= 15 is 0 Å². The number of aliphatic hydroxyl groups is 1. The van der Waals surface area contributed by atoms with Crippen molar-refractivity contribution in [3.63, 3.8) is 0 Å². The monoisotopic (exact) mass is 241 g/mol. The highest BCUT2D eigenvalue weighted by molar-refractivity contribution is 5.80. The number of fused-ring (bicyclic) bond motifs is 1. The molecule has 0 amide bonds. The predicted molar refractivity (Wildman–Crippen MR) is 67.0 cm³/mol. The quantitative estimate of drug-likeness (QED) is 0.479. The van der Waals surface area contributed by atoms with E-state index in [0.717, 1.165) is 19.0 Å². The van der Waals surface area contributed by atoms with Crippen molar-refractivity contribution in [2.45, 2.75) is 32.4 Å². The maximum absolute atomic E-state index is 8.80. The van der Waals surface area contributed by atoms with Crippen LogP contribution in [0.1, 0.15) is 20.3 Å². The summed E-state index contributed by atoms with van der Waals surface area (Å²) in [4.78, 5) is 4.17. The van der Waals surface area contributed by atoms with E-state index in [1.165, 1.54) is 0 Å². The molecule has 3 unspecified atom stereocenters. The van der Waals surface area contributed by atoms with Gasteiger partial charge in [-0.05, 0) is 6.42 Å². The molecule has 0 aromatic rings. The van der Waals surface area contributed by atoms with Gasteiger partial charge in [0.05, 0.1) is 12.7 Å². The summed E-state index contributed by atoms with van der Waals surface area (Å²) in [7, 11) is 1.75. The van der Waals surface area contributed by atoms with Crippen molar-refractivity contribution < 1.29 is 9.84 Å². The molecule has 1 saturated heterocycles. The van der Waals surface area contributed by atoms with E-state index < -0.39 is 0 Å². The highest BCUT2D eigenvalue weighted by atomic mass is 16.5. The van der Waals surface area contributed by atoms with Crippen LogP contribution in [0.4, 0.5) is 0 Å². The average molecular weight is 241 g/mol. The summed E-state index contributed by atoms with van der Waals surface area (Å²) in [6.07, 6.45) is 1.51. The highest BCUT2D eigenvalue weighted by Gasteiger charge is 2.59. The number of ether oxygens (including phenoxy) is 1. The molecule has 5 heteroatoms. The zero-order valence-electron chi connectivity index (χ0n) is 10.9. The van der Waals surface area contributed by atoms with Gasteiger partial charge in [-0.25, -0.2) is 0 Å². The van der Waals surface area contributed by atoms with E-state index in [1.807, 2.05) is 0 Å². The van der Waals surface area contributed by atoms with Crippen LogP contribution >= 0.6 is 0 Å². The number of nitrogens with zero attached hydrogens (tertiary/aromatic N) is 1.